The minimum atomic E-state index is -3.62. The Balaban J connectivity index is 2.28. The van der Waals surface area contributed by atoms with Crippen LogP contribution in [0.5, 0.6) is 5.75 Å². The van der Waals surface area contributed by atoms with Crippen LogP contribution >= 0.6 is 0 Å². The molecule has 0 fully saturated rings. The Hall–Kier alpha value is -2.34. The molecule has 0 saturated heterocycles. The highest BCUT2D eigenvalue weighted by molar-refractivity contribution is 7.91. The Kier molecular flexibility index (Phi) is 3.41. The fourth-order valence-electron chi connectivity index (χ4n) is 2.45. The molecule has 3 aromatic rings. The van der Waals surface area contributed by atoms with Gasteiger partial charge in [-0.3, -0.25) is 0 Å². The minimum absolute atomic E-state index is 0.248. The van der Waals surface area contributed by atoms with Crippen molar-refractivity contribution in [1.29, 1.82) is 0 Å². The lowest BCUT2D eigenvalue weighted by atomic mass is 10.2. The molecule has 2 heterocycles. The number of pyridine rings is 1. The lowest BCUT2D eigenvalue weighted by molar-refractivity contribution is 0.413. The molecule has 114 valence electrons. The van der Waals surface area contributed by atoms with Crippen molar-refractivity contribution < 1.29 is 13.2 Å². The van der Waals surface area contributed by atoms with Gasteiger partial charge in [-0.1, -0.05) is 17.7 Å². The summed E-state index contributed by atoms with van der Waals surface area (Å²) < 4.78 is 31.1. The molecule has 1 aromatic carbocycles. The predicted octanol–water partition coefficient (Wildman–Crippen LogP) is 3.02. The van der Waals surface area contributed by atoms with E-state index in [2.05, 4.69) is 9.97 Å². The van der Waals surface area contributed by atoms with Crippen molar-refractivity contribution in [2.45, 2.75) is 23.6 Å². The highest BCUT2D eigenvalue weighted by Crippen LogP contribution is 2.32. The molecule has 1 N–H and O–H groups in total. The van der Waals surface area contributed by atoms with E-state index in [4.69, 9.17) is 4.74 Å². The quantitative estimate of drug-likeness (QED) is 0.806. The van der Waals surface area contributed by atoms with Gasteiger partial charge in [0.25, 0.3) is 0 Å². The van der Waals surface area contributed by atoms with E-state index in [1.807, 2.05) is 6.92 Å². The second-order valence-corrected chi connectivity index (χ2v) is 7.05. The van der Waals surface area contributed by atoms with Gasteiger partial charge in [-0.05, 0) is 32.0 Å². The molecule has 3 rings (SSSR count). The fourth-order valence-corrected chi connectivity index (χ4v) is 4.08. The van der Waals surface area contributed by atoms with Crippen molar-refractivity contribution in [2.24, 2.45) is 0 Å². The van der Waals surface area contributed by atoms with E-state index >= 15 is 0 Å². The molecule has 22 heavy (non-hydrogen) atoms. The van der Waals surface area contributed by atoms with Crippen LogP contribution < -0.4 is 4.74 Å². The third kappa shape index (κ3) is 2.25. The lowest BCUT2D eigenvalue weighted by Crippen LogP contribution is -2.03. The van der Waals surface area contributed by atoms with Crippen molar-refractivity contribution in [3.05, 3.63) is 47.8 Å². The molecule has 0 spiro atoms. The average Bonchev–Trinajstić information content (AvgIpc) is 2.83. The van der Waals surface area contributed by atoms with Crippen LogP contribution in [0.15, 0.2) is 46.3 Å². The SMILES string of the molecule is COc1cnc2[nH]c(C)c(S(=O)(=O)c3ccc(C)cc3)c2c1. The van der Waals surface area contributed by atoms with Crippen molar-refractivity contribution in [1.82, 2.24) is 9.97 Å². The maximum absolute atomic E-state index is 13.0. The number of aromatic amines is 1. The van der Waals surface area contributed by atoms with E-state index < -0.39 is 9.84 Å². The first kappa shape index (κ1) is 14.6. The van der Waals surface area contributed by atoms with E-state index in [0.29, 0.717) is 22.5 Å². The first-order valence-electron chi connectivity index (χ1n) is 6.77. The Bertz CT molecular complexity index is 941. The Morgan fingerprint density at radius 3 is 2.45 bits per heavy atom. The topological polar surface area (TPSA) is 72.0 Å². The number of nitrogens with one attached hydrogen (secondary N) is 1. The van der Waals surface area contributed by atoms with Crippen LogP contribution in [-0.4, -0.2) is 25.5 Å². The summed E-state index contributed by atoms with van der Waals surface area (Å²) in [6.45, 7) is 3.65. The minimum Gasteiger partial charge on any atom is -0.495 e. The van der Waals surface area contributed by atoms with Crippen molar-refractivity contribution in [3.8, 4) is 5.75 Å². The fraction of sp³-hybridized carbons (Fsp3) is 0.188. The van der Waals surface area contributed by atoms with Gasteiger partial charge < -0.3 is 9.72 Å². The monoisotopic (exact) mass is 316 g/mol. The molecule has 0 bridgehead atoms. The molecule has 0 atom stereocenters. The van der Waals surface area contributed by atoms with Gasteiger partial charge in [-0.15, -0.1) is 0 Å². The lowest BCUT2D eigenvalue weighted by Gasteiger charge is -2.06. The standard InChI is InChI=1S/C16H16N2O3S/c1-10-4-6-13(7-5-10)22(19,20)15-11(2)18-16-14(15)8-12(21-3)9-17-16/h4-9H,1-3H3,(H,17,18). The third-order valence-electron chi connectivity index (χ3n) is 3.59. The largest absolute Gasteiger partial charge is 0.495 e. The summed E-state index contributed by atoms with van der Waals surface area (Å²) >= 11 is 0. The first-order chi connectivity index (χ1) is 10.4. The summed E-state index contributed by atoms with van der Waals surface area (Å²) in [7, 11) is -2.10. The van der Waals surface area contributed by atoms with Crippen molar-refractivity contribution >= 4 is 20.9 Å². The molecule has 0 radical (unpaired) electrons. The molecule has 0 unspecified atom stereocenters. The van der Waals surface area contributed by atoms with Crippen molar-refractivity contribution in [2.75, 3.05) is 7.11 Å². The maximum Gasteiger partial charge on any atom is 0.209 e. The third-order valence-corrected chi connectivity index (χ3v) is 5.55. The van der Waals surface area contributed by atoms with Crippen molar-refractivity contribution in [3.63, 3.8) is 0 Å². The van der Waals surface area contributed by atoms with Gasteiger partial charge in [0.15, 0.2) is 0 Å². The number of ether oxygens (including phenoxy) is 1. The summed E-state index contributed by atoms with van der Waals surface area (Å²) in [5, 5.41) is 0.539. The van der Waals surface area contributed by atoms with Gasteiger partial charge in [0.1, 0.15) is 16.3 Å². The van der Waals surface area contributed by atoms with Gasteiger partial charge in [0.2, 0.25) is 9.84 Å². The van der Waals surface area contributed by atoms with E-state index in [0.717, 1.165) is 5.56 Å². The molecule has 5 nitrogen and oxygen atoms in total. The number of rotatable bonds is 3. The molecule has 6 heteroatoms. The smallest absolute Gasteiger partial charge is 0.209 e. The Morgan fingerprint density at radius 2 is 1.82 bits per heavy atom. The molecule has 2 aromatic heterocycles. The highest BCUT2D eigenvalue weighted by atomic mass is 32.2. The molecule has 0 amide bonds. The summed E-state index contributed by atoms with van der Waals surface area (Å²) in [6, 6.07) is 8.51. The number of hydrogen-bond donors (Lipinski definition) is 1. The summed E-state index contributed by atoms with van der Waals surface area (Å²) in [5.74, 6) is 0.520. The van der Waals surface area contributed by atoms with Crippen LogP contribution in [0.4, 0.5) is 0 Å². The van der Waals surface area contributed by atoms with Gasteiger partial charge in [-0.2, -0.15) is 0 Å². The number of aromatic nitrogens is 2. The average molecular weight is 316 g/mol. The number of aryl methyl sites for hydroxylation is 2. The molecule has 0 saturated carbocycles. The molecule has 0 aliphatic rings. The normalized spacial score (nSPS) is 11.8. The zero-order chi connectivity index (χ0) is 15.9. The molecular weight excluding hydrogens is 300 g/mol. The van der Waals surface area contributed by atoms with Gasteiger partial charge in [0.05, 0.1) is 18.2 Å². The Morgan fingerprint density at radius 1 is 1.14 bits per heavy atom. The van der Waals surface area contributed by atoms with Gasteiger partial charge in [0, 0.05) is 11.1 Å². The summed E-state index contributed by atoms with van der Waals surface area (Å²) in [5.41, 5.74) is 2.11. The summed E-state index contributed by atoms with van der Waals surface area (Å²) in [4.78, 5) is 7.75. The highest BCUT2D eigenvalue weighted by Gasteiger charge is 2.25. The number of methoxy groups -OCH3 is 1. The molecule has 0 aliphatic heterocycles. The Labute approximate surface area is 128 Å². The van der Waals surface area contributed by atoms with Gasteiger partial charge >= 0.3 is 0 Å². The zero-order valence-corrected chi connectivity index (χ0v) is 13.4. The zero-order valence-electron chi connectivity index (χ0n) is 12.5. The second kappa shape index (κ2) is 5.14. The number of H-pyrrole nitrogens is 1. The van der Waals surface area contributed by atoms with Crippen LogP contribution in [0, 0.1) is 13.8 Å². The van der Waals surface area contributed by atoms with Gasteiger partial charge in [-0.25, -0.2) is 13.4 Å². The van der Waals surface area contributed by atoms with Crippen LogP contribution in [0.25, 0.3) is 11.0 Å². The number of fused-ring (bicyclic) bond motifs is 1. The number of nitrogens with zero attached hydrogens (tertiary/aromatic N) is 1. The van der Waals surface area contributed by atoms with Crippen LogP contribution in [0.3, 0.4) is 0 Å². The van der Waals surface area contributed by atoms with Crippen LogP contribution in [0.1, 0.15) is 11.3 Å². The second-order valence-electron chi connectivity index (χ2n) is 5.17. The molecule has 0 aliphatic carbocycles. The predicted molar refractivity (Wildman–Crippen MR) is 84.0 cm³/mol. The molecular formula is C16H16N2O3S. The number of hydrogen-bond acceptors (Lipinski definition) is 4. The van der Waals surface area contributed by atoms with E-state index in [1.54, 1.807) is 43.5 Å². The van der Waals surface area contributed by atoms with E-state index in [-0.39, 0.29) is 9.79 Å². The van der Waals surface area contributed by atoms with Crippen LogP contribution in [0.2, 0.25) is 0 Å². The van der Waals surface area contributed by atoms with E-state index in [9.17, 15) is 8.42 Å². The van der Waals surface area contributed by atoms with E-state index in [1.165, 1.54) is 7.11 Å². The maximum atomic E-state index is 13.0. The number of sulfone groups is 1. The number of benzene rings is 1. The summed E-state index contributed by atoms with van der Waals surface area (Å²) in [6.07, 6.45) is 1.56. The van der Waals surface area contributed by atoms with Crippen LogP contribution in [-0.2, 0) is 9.84 Å². The first-order valence-corrected chi connectivity index (χ1v) is 8.26.